The van der Waals surface area contributed by atoms with Crippen LogP contribution < -0.4 is 0 Å². The third-order valence-electron chi connectivity index (χ3n) is 4.02. The molecule has 138 valence electrons. The summed E-state index contributed by atoms with van der Waals surface area (Å²) in [7, 11) is 0. The van der Waals surface area contributed by atoms with Crippen LogP contribution in [0.5, 0.6) is 0 Å². The van der Waals surface area contributed by atoms with Crippen LogP contribution in [-0.2, 0) is 6.54 Å². The molecule has 0 saturated carbocycles. The maximum Gasteiger partial charge on any atom is 0.295 e. The molecule has 2 aromatic carbocycles. The average Bonchev–Trinajstić information content (AvgIpc) is 3.19. The molecule has 0 bridgehead atoms. The van der Waals surface area contributed by atoms with Gasteiger partial charge in [-0.25, -0.2) is 9.67 Å². The minimum Gasteiger partial charge on any atom is -0.335 e. The van der Waals surface area contributed by atoms with Crippen LogP contribution in [0.1, 0.15) is 22.8 Å². The third-order valence-corrected chi connectivity index (χ3v) is 4.25. The number of hydrogen-bond acceptors (Lipinski definition) is 5. The lowest BCUT2D eigenvalue weighted by Gasteiger charge is -2.21. The maximum atomic E-state index is 12.9. The van der Waals surface area contributed by atoms with E-state index in [0.717, 1.165) is 5.56 Å². The highest BCUT2D eigenvalue weighted by atomic mass is 35.5. The van der Waals surface area contributed by atoms with E-state index < -0.39 is 4.92 Å². The summed E-state index contributed by atoms with van der Waals surface area (Å²) in [6.07, 6.45) is 2.65. The topological polar surface area (TPSA) is 94.2 Å². The maximum absolute atomic E-state index is 12.9. The van der Waals surface area contributed by atoms with Gasteiger partial charge in [0.2, 0.25) is 0 Å². The summed E-state index contributed by atoms with van der Waals surface area (Å²) in [5.41, 5.74) is 1.14. The quantitative estimate of drug-likeness (QED) is 0.478. The fourth-order valence-corrected chi connectivity index (χ4v) is 2.91. The van der Waals surface area contributed by atoms with E-state index in [4.69, 9.17) is 11.6 Å². The second-order valence-corrected chi connectivity index (χ2v) is 6.19. The zero-order valence-electron chi connectivity index (χ0n) is 14.4. The Labute approximate surface area is 160 Å². The number of benzene rings is 2. The molecule has 9 heteroatoms. The lowest BCUT2D eigenvalue weighted by Crippen LogP contribution is -2.30. The molecule has 0 aliphatic carbocycles. The number of hydrogen-bond donors (Lipinski definition) is 0. The molecule has 0 radical (unpaired) electrons. The molecule has 27 heavy (non-hydrogen) atoms. The van der Waals surface area contributed by atoms with Gasteiger partial charge >= 0.3 is 0 Å². The van der Waals surface area contributed by atoms with E-state index in [1.165, 1.54) is 29.5 Å². The highest BCUT2D eigenvalue weighted by Gasteiger charge is 2.22. The summed E-state index contributed by atoms with van der Waals surface area (Å²) in [5, 5.41) is 16.0. The molecule has 3 rings (SSSR count). The number of nitro groups is 1. The molecule has 0 saturated heterocycles. The Balaban J connectivity index is 1.91. The van der Waals surface area contributed by atoms with Crippen LogP contribution in [0.3, 0.4) is 0 Å². The molecule has 0 unspecified atom stereocenters. The highest BCUT2D eigenvalue weighted by Crippen LogP contribution is 2.24. The van der Waals surface area contributed by atoms with Gasteiger partial charge in [-0.1, -0.05) is 23.7 Å². The molecule has 0 aliphatic rings. The lowest BCUT2D eigenvalue weighted by molar-refractivity contribution is -0.384. The smallest absolute Gasteiger partial charge is 0.295 e. The zero-order valence-corrected chi connectivity index (χ0v) is 15.2. The summed E-state index contributed by atoms with van der Waals surface area (Å²) >= 11 is 6.00. The molecule has 1 heterocycles. The normalized spacial score (nSPS) is 10.6. The summed E-state index contributed by atoms with van der Waals surface area (Å²) < 4.78 is 1.29. The van der Waals surface area contributed by atoms with Crippen molar-refractivity contribution in [2.24, 2.45) is 0 Å². The Bertz CT molecular complexity index is 975. The third kappa shape index (κ3) is 4.12. The fraction of sp³-hybridized carbons (Fsp3) is 0.167. The van der Waals surface area contributed by atoms with Crippen molar-refractivity contribution in [3.8, 4) is 5.69 Å². The van der Waals surface area contributed by atoms with Crippen LogP contribution in [0, 0.1) is 10.1 Å². The molecule has 0 fully saturated rings. The van der Waals surface area contributed by atoms with Crippen molar-refractivity contribution < 1.29 is 9.72 Å². The summed E-state index contributed by atoms with van der Waals surface area (Å²) in [4.78, 5) is 29.2. The zero-order chi connectivity index (χ0) is 19.4. The van der Waals surface area contributed by atoms with Crippen LogP contribution in [-0.4, -0.2) is 37.0 Å². The Morgan fingerprint density at radius 1 is 1.30 bits per heavy atom. The van der Waals surface area contributed by atoms with Crippen molar-refractivity contribution in [1.29, 1.82) is 0 Å². The van der Waals surface area contributed by atoms with Gasteiger partial charge in [-0.3, -0.25) is 14.9 Å². The van der Waals surface area contributed by atoms with E-state index in [0.29, 0.717) is 18.1 Å². The Kier molecular flexibility index (Phi) is 5.46. The second-order valence-electron chi connectivity index (χ2n) is 5.75. The first-order valence-corrected chi connectivity index (χ1v) is 8.54. The van der Waals surface area contributed by atoms with E-state index in [1.54, 1.807) is 23.1 Å². The van der Waals surface area contributed by atoms with Crippen molar-refractivity contribution in [2.75, 3.05) is 6.54 Å². The van der Waals surface area contributed by atoms with Gasteiger partial charge in [0.1, 0.15) is 18.3 Å². The summed E-state index contributed by atoms with van der Waals surface area (Å²) in [6, 6.07) is 11.5. The van der Waals surface area contributed by atoms with Crippen LogP contribution >= 0.6 is 11.6 Å². The van der Waals surface area contributed by atoms with Crippen LogP contribution in [0.2, 0.25) is 5.02 Å². The van der Waals surface area contributed by atoms with E-state index >= 15 is 0 Å². The number of rotatable bonds is 6. The van der Waals surface area contributed by atoms with Crippen molar-refractivity contribution in [1.82, 2.24) is 19.7 Å². The number of nitro benzene ring substituents is 1. The molecular formula is C18H16ClN5O3. The average molecular weight is 386 g/mol. The SMILES string of the molecule is CCN(Cc1cccc(Cl)c1)C(=O)c1ccc(-n2cncn2)c([N+](=O)[O-])c1. The minimum atomic E-state index is -0.541. The number of carbonyl (C=O) groups excluding carboxylic acids is 1. The predicted molar refractivity (Wildman–Crippen MR) is 99.9 cm³/mol. The van der Waals surface area contributed by atoms with E-state index in [1.807, 2.05) is 19.1 Å². The largest absolute Gasteiger partial charge is 0.335 e. The first-order chi connectivity index (χ1) is 13.0. The van der Waals surface area contributed by atoms with Crippen molar-refractivity contribution >= 4 is 23.2 Å². The highest BCUT2D eigenvalue weighted by molar-refractivity contribution is 6.30. The number of nitrogens with zero attached hydrogens (tertiary/aromatic N) is 5. The Hall–Kier alpha value is -3.26. The Morgan fingerprint density at radius 2 is 2.11 bits per heavy atom. The number of aromatic nitrogens is 3. The first kappa shape index (κ1) is 18.5. The van der Waals surface area contributed by atoms with E-state index in [9.17, 15) is 14.9 Å². The first-order valence-electron chi connectivity index (χ1n) is 8.16. The van der Waals surface area contributed by atoms with Crippen LogP contribution in [0.25, 0.3) is 5.69 Å². The minimum absolute atomic E-state index is 0.217. The Morgan fingerprint density at radius 3 is 2.74 bits per heavy atom. The van der Waals surface area contributed by atoms with Gasteiger partial charge in [0.05, 0.1) is 4.92 Å². The van der Waals surface area contributed by atoms with Crippen molar-refractivity contribution in [3.63, 3.8) is 0 Å². The molecule has 1 amide bonds. The number of carbonyl (C=O) groups is 1. The van der Waals surface area contributed by atoms with E-state index in [2.05, 4.69) is 10.1 Å². The molecule has 0 N–H and O–H groups in total. The van der Waals surface area contributed by atoms with Gasteiger partial charge in [0.25, 0.3) is 11.6 Å². The molecule has 1 aromatic heterocycles. The predicted octanol–water partition coefficient (Wildman–Crippen LogP) is 3.49. The molecule has 0 spiro atoms. The molecular weight excluding hydrogens is 370 g/mol. The van der Waals surface area contributed by atoms with Gasteiger partial charge in [-0.05, 0) is 36.8 Å². The van der Waals surface area contributed by atoms with Gasteiger partial charge in [0.15, 0.2) is 0 Å². The monoisotopic (exact) mass is 385 g/mol. The van der Waals surface area contributed by atoms with E-state index in [-0.39, 0.29) is 22.8 Å². The molecule has 8 nitrogen and oxygen atoms in total. The molecule has 0 aliphatic heterocycles. The molecule has 0 atom stereocenters. The fourth-order valence-electron chi connectivity index (χ4n) is 2.69. The van der Waals surface area contributed by atoms with Gasteiger partial charge in [-0.15, -0.1) is 0 Å². The summed E-state index contributed by atoms with van der Waals surface area (Å²) in [6.45, 7) is 2.65. The lowest BCUT2D eigenvalue weighted by atomic mass is 10.1. The second kappa shape index (κ2) is 7.96. The van der Waals surface area contributed by atoms with Gasteiger partial charge in [0, 0.05) is 29.7 Å². The van der Waals surface area contributed by atoms with Gasteiger partial charge in [-0.2, -0.15) is 5.10 Å². The van der Waals surface area contributed by atoms with Gasteiger partial charge < -0.3 is 4.90 Å². The number of amides is 1. The standard InChI is InChI=1S/C18H16ClN5O3/c1-2-22(10-13-4-3-5-15(19)8-13)18(25)14-6-7-16(17(9-14)24(26)27)23-12-20-11-21-23/h3-9,11-12H,2,10H2,1H3. The van der Waals surface area contributed by atoms with Crippen LogP contribution in [0.4, 0.5) is 5.69 Å². The van der Waals surface area contributed by atoms with Crippen molar-refractivity contribution in [3.05, 3.63) is 81.4 Å². The molecule has 3 aromatic rings. The number of halogens is 1. The van der Waals surface area contributed by atoms with Crippen LogP contribution in [0.15, 0.2) is 55.1 Å². The van der Waals surface area contributed by atoms with Crippen molar-refractivity contribution in [2.45, 2.75) is 13.5 Å². The summed E-state index contributed by atoms with van der Waals surface area (Å²) in [5.74, 6) is -0.300.